The van der Waals surface area contributed by atoms with Crippen molar-refractivity contribution in [3.63, 3.8) is 0 Å². The number of aromatic nitrogens is 4. The van der Waals surface area contributed by atoms with Crippen LogP contribution in [0.3, 0.4) is 0 Å². The Bertz CT molecular complexity index is 1390. The van der Waals surface area contributed by atoms with E-state index < -0.39 is 5.60 Å². The maximum absolute atomic E-state index is 10.0. The predicted octanol–water partition coefficient (Wildman–Crippen LogP) is 2.98. The monoisotopic (exact) mass is 489 g/mol. The first-order chi connectivity index (χ1) is 17.4. The average Bonchev–Trinajstić information content (AvgIpc) is 3.28. The van der Waals surface area contributed by atoms with Crippen LogP contribution in [0.2, 0.25) is 0 Å². The molecule has 0 radical (unpaired) electrons. The molecule has 3 aromatic heterocycles. The summed E-state index contributed by atoms with van der Waals surface area (Å²) in [5.41, 5.74) is 3.78. The molecule has 0 amide bonds. The topological polar surface area (TPSA) is 104 Å². The summed E-state index contributed by atoms with van der Waals surface area (Å²) in [4.78, 5) is 15.6. The standard InChI is InChI=1S/C26H27N5O5/c1-26(32)13-31(14-26)18-8-19-25(28-10-18)30(15-29-19)11-16-6-20(33-2)24-21(7-16)35-12-22(36-24)17-4-5-23(34-3)27-9-17/h4-10,15,22,32H,11-14H2,1-3H3. The van der Waals surface area contributed by atoms with Crippen LogP contribution in [-0.2, 0) is 6.54 Å². The Morgan fingerprint density at radius 3 is 2.67 bits per heavy atom. The lowest BCUT2D eigenvalue weighted by Crippen LogP contribution is -2.60. The fourth-order valence-corrected chi connectivity index (χ4v) is 4.69. The second-order valence-electron chi connectivity index (χ2n) is 9.44. The van der Waals surface area contributed by atoms with E-state index in [0.717, 1.165) is 28.0 Å². The second kappa shape index (κ2) is 8.56. The second-order valence-corrected chi connectivity index (χ2v) is 9.44. The van der Waals surface area contributed by atoms with Crippen LogP contribution in [0.5, 0.6) is 23.1 Å². The van der Waals surface area contributed by atoms with Crippen molar-refractivity contribution in [1.82, 2.24) is 19.5 Å². The fourth-order valence-electron chi connectivity index (χ4n) is 4.69. The molecule has 6 rings (SSSR count). The maximum Gasteiger partial charge on any atom is 0.212 e. The van der Waals surface area contributed by atoms with Crippen LogP contribution in [0.25, 0.3) is 11.2 Å². The number of β-amino-alcohol motifs (C(OH)–C–C–N with tert-alkyl or cyclic N) is 1. The molecule has 0 spiro atoms. The molecule has 1 N–H and O–H groups in total. The van der Waals surface area contributed by atoms with Crippen LogP contribution < -0.4 is 23.8 Å². The molecule has 10 nitrogen and oxygen atoms in total. The number of imidazole rings is 1. The molecule has 5 heterocycles. The minimum atomic E-state index is -0.642. The van der Waals surface area contributed by atoms with Gasteiger partial charge in [0.1, 0.15) is 12.1 Å². The van der Waals surface area contributed by atoms with Crippen molar-refractivity contribution in [2.24, 2.45) is 0 Å². The van der Waals surface area contributed by atoms with Gasteiger partial charge in [-0.2, -0.15) is 0 Å². The van der Waals surface area contributed by atoms with E-state index in [4.69, 9.17) is 18.9 Å². The normalized spacial score (nSPS) is 18.1. The lowest BCUT2D eigenvalue weighted by Gasteiger charge is -2.45. The van der Waals surface area contributed by atoms with Crippen molar-refractivity contribution < 1.29 is 24.1 Å². The van der Waals surface area contributed by atoms with Gasteiger partial charge in [-0.05, 0) is 36.8 Å². The van der Waals surface area contributed by atoms with Crippen LogP contribution in [-0.4, -0.2) is 64.1 Å². The lowest BCUT2D eigenvalue weighted by molar-refractivity contribution is 0.0310. The van der Waals surface area contributed by atoms with E-state index >= 15 is 0 Å². The number of hydrogen-bond acceptors (Lipinski definition) is 9. The third-order valence-corrected chi connectivity index (χ3v) is 6.51. The average molecular weight is 490 g/mol. The molecule has 1 aromatic carbocycles. The van der Waals surface area contributed by atoms with E-state index in [9.17, 15) is 5.11 Å². The van der Waals surface area contributed by atoms with E-state index in [0.29, 0.717) is 49.4 Å². The molecule has 2 aliphatic rings. The van der Waals surface area contributed by atoms with Crippen LogP contribution in [0, 0.1) is 0 Å². The Morgan fingerprint density at radius 1 is 1.08 bits per heavy atom. The molecular formula is C26H27N5O5. The van der Waals surface area contributed by atoms with E-state index in [2.05, 4.69) is 19.9 Å². The van der Waals surface area contributed by atoms with Crippen LogP contribution in [0.1, 0.15) is 24.2 Å². The van der Waals surface area contributed by atoms with Gasteiger partial charge in [-0.25, -0.2) is 15.0 Å². The molecule has 186 valence electrons. The third-order valence-electron chi connectivity index (χ3n) is 6.51. The summed E-state index contributed by atoms with van der Waals surface area (Å²) in [5, 5.41) is 10.0. The number of pyridine rings is 2. The van der Waals surface area contributed by atoms with Crippen molar-refractivity contribution in [3.8, 4) is 23.1 Å². The zero-order valence-corrected chi connectivity index (χ0v) is 20.3. The van der Waals surface area contributed by atoms with Gasteiger partial charge in [0, 0.05) is 30.9 Å². The van der Waals surface area contributed by atoms with E-state index in [1.54, 1.807) is 32.8 Å². The third kappa shape index (κ3) is 4.03. The Morgan fingerprint density at radius 2 is 1.94 bits per heavy atom. The van der Waals surface area contributed by atoms with E-state index in [1.165, 1.54) is 0 Å². The summed E-state index contributed by atoms with van der Waals surface area (Å²) < 4.78 is 25.1. The van der Waals surface area contributed by atoms with Crippen LogP contribution in [0.15, 0.2) is 49.1 Å². The minimum absolute atomic E-state index is 0.304. The van der Waals surface area contributed by atoms with Gasteiger partial charge in [0.2, 0.25) is 11.6 Å². The minimum Gasteiger partial charge on any atom is -0.493 e. The van der Waals surface area contributed by atoms with Crippen molar-refractivity contribution in [1.29, 1.82) is 0 Å². The molecule has 1 unspecified atom stereocenters. The summed E-state index contributed by atoms with van der Waals surface area (Å²) in [5.74, 6) is 2.34. The predicted molar refractivity (Wildman–Crippen MR) is 132 cm³/mol. The summed E-state index contributed by atoms with van der Waals surface area (Å²) in [7, 11) is 3.20. The molecule has 10 heteroatoms. The molecule has 0 saturated carbocycles. The molecule has 1 fully saturated rings. The van der Waals surface area contributed by atoms with Gasteiger partial charge in [-0.1, -0.05) is 0 Å². The fraction of sp³-hybridized carbons (Fsp3) is 0.346. The zero-order valence-electron chi connectivity index (χ0n) is 20.3. The maximum atomic E-state index is 10.0. The number of benzene rings is 1. The number of methoxy groups -OCH3 is 2. The molecule has 1 atom stereocenters. The van der Waals surface area contributed by atoms with Crippen LogP contribution >= 0.6 is 0 Å². The summed E-state index contributed by atoms with van der Waals surface area (Å²) in [6.45, 7) is 3.92. The molecule has 4 aromatic rings. The van der Waals surface area contributed by atoms with Crippen molar-refractivity contribution >= 4 is 16.9 Å². The quantitative estimate of drug-likeness (QED) is 0.438. The van der Waals surface area contributed by atoms with Crippen molar-refractivity contribution in [3.05, 3.63) is 60.2 Å². The van der Waals surface area contributed by atoms with Gasteiger partial charge < -0.3 is 33.5 Å². The number of nitrogens with zero attached hydrogens (tertiary/aromatic N) is 5. The van der Waals surface area contributed by atoms with Crippen molar-refractivity contribution in [2.75, 3.05) is 38.8 Å². The number of anilines is 1. The SMILES string of the molecule is COc1ccc(C2COc3cc(Cn4cnc5cc(N6CC(C)(O)C6)cnc54)cc(OC)c3O2)cn1. The van der Waals surface area contributed by atoms with Gasteiger partial charge in [-0.3, -0.25) is 0 Å². The first-order valence-corrected chi connectivity index (χ1v) is 11.7. The molecule has 36 heavy (non-hydrogen) atoms. The van der Waals surface area contributed by atoms with Gasteiger partial charge in [-0.15, -0.1) is 0 Å². The summed E-state index contributed by atoms with van der Waals surface area (Å²) >= 11 is 0. The number of ether oxygens (including phenoxy) is 4. The highest BCUT2D eigenvalue weighted by molar-refractivity contribution is 5.75. The largest absolute Gasteiger partial charge is 0.493 e. The number of rotatable bonds is 6. The Hall–Kier alpha value is -4.05. The van der Waals surface area contributed by atoms with Crippen LogP contribution in [0.4, 0.5) is 5.69 Å². The molecule has 0 aliphatic carbocycles. The Kier molecular flexibility index (Phi) is 5.33. The number of aliphatic hydroxyl groups is 1. The van der Waals surface area contributed by atoms with Gasteiger partial charge in [0.25, 0.3) is 0 Å². The highest BCUT2D eigenvalue weighted by atomic mass is 16.6. The first kappa shape index (κ1) is 22.4. The summed E-state index contributed by atoms with van der Waals surface area (Å²) in [6, 6.07) is 9.63. The Labute approximate surface area is 208 Å². The highest BCUT2D eigenvalue weighted by Crippen LogP contribution is 2.44. The summed E-state index contributed by atoms with van der Waals surface area (Å²) in [6.07, 6.45) is 5.03. The first-order valence-electron chi connectivity index (χ1n) is 11.7. The van der Waals surface area contributed by atoms with Gasteiger partial charge >= 0.3 is 0 Å². The number of hydrogen-bond donors (Lipinski definition) is 1. The number of fused-ring (bicyclic) bond motifs is 2. The molecule has 0 bridgehead atoms. The molecular weight excluding hydrogens is 462 g/mol. The van der Waals surface area contributed by atoms with Crippen molar-refractivity contribution in [2.45, 2.75) is 25.2 Å². The van der Waals surface area contributed by atoms with E-state index in [1.807, 2.05) is 42.0 Å². The molecule has 2 aliphatic heterocycles. The lowest BCUT2D eigenvalue weighted by atomic mass is 9.96. The smallest absolute Gasteiger partial charge is 0.212 e. The van der Waals surface area contributed by atoms with E-state index in [-0.39, 0.29) is 6.10 Å². The zero-order chi connectivity index (χ0) is 24.9. The molecule has 1 saturated heterocycles. The van der Waals surface area contributed by atoms with Gasteiger partial charge in [0.05, 0.1) is 44.6 Å². The Balaban J connectivity index is 1.23. The van der Waals surface area contributed by atoms with Gasteiger partial charge in [0.15, 0.2) is 23.3 Å². The highest BCUT2D eigenvalue weighted by Gasteiger charge is 2.37.